The van der Waals surface area contributed by atoms with Gasteiger partial charge in [-0.1, -0.05) is 13.3 Å². The Bertz CT molecular complexity index is 417. The van der Waals surface area contributed by atoms with Crippen molar-refractivity contribution in [1.29, 1.82) is 0 Å². The fourth-order valence-electron chi connectivity index (χ4n) is 2.77. The molecule has 0 bridgehead atoms. The first kappa shape index (κ1) is 13.1. The maximum atomic E-state index is 10.7. The molecule has 0 N–H and O–H groups in total. The summed E-state index contributed by atoms with van der Waals surface area (Å²) in [4.78, 5) is 17.6. The molecule has 0 aromatic carbocycles. The average molecular weight is 246 g/mol. The summed E-state index contributed by atoms with van der Waals surface area (Å²) in [5, 5.41) is 0. The lowest BCUT2D eigenvalue weighted by Gasteiger charge is -2.23. The molecule has 98 valence electrons. The third-order valence-electron chi connectivity index (χ3n) is 3.93. The number of rotatable bonds is 3. The van der Waals surface area contributed by atoms with Crippen molar-refractivity contribution >= 4 is 12.1 Å². The van der Waals surface area contributed by atoms with Crippen molar-refractivity contribution < 1.29 is 4.79 Å². The molecule has 2 heterocycles. The minimum Gasteiger partial charge on any atom is -0.356 e. The number of nitrogens with zero attached hydrogens (tertiary/aromatic N) is 2. The van der Waals surface area contributed by atoms with Gasteiger partial charge in [-0.15, -0.1) is 0 Å². The molecule has 3 nitrogen and oxygen atoms in total. The molecule has 1 aliphatic heterocycles. The van der Waals surface area contributed by atoms with Crippen LogP contribution in [0.5, 0.6) is 0 Å². The highest BCUT2D eigenvalue weighted by molar-refractivity contribution is 5.75. The molecule has 0 spiro atoms. The van der Waals surface area contributed by atoms with E-state index in [0.29, 0.717) is 5.56 Å². The van der Waals surface area contributed by atoms with Gasteiger partial charge in [-0.2, -0.15) is 0 Å². The highest BCUT2D eigenvalue weighted by atomic mass is 16.1. The summed E-state index contributed by atoms with van der Waals surface area (Å²) in [6, 6.07) is 1.93. The number of aromatic nitrogens is 1. The van der Waals surface area contributed by atoms with Crippen molar-refractivity contribution in [3.63, 3.8) is 0 Å². The summed E-state index contributed by atoms with van der Waals surface area (Å²) in [6.45, 7) is 6.50. The summed E-state index contributed by atoms with van der Waals surface area (Å²) < 4.78 is 0. The monoisotopic (exact) mass is 246 g/mol. The first-order valence-electron chi connectivity index (χ1n) is 6.91. The summed E-state index contributed by atoms with van der Waals surface area (Å²) in [7, 11) is 0. The first-order valence-corrected chi connectivity index (χ1v) is 6.91. The van der Waals surface area contributed by atoms with Gasteiger partial charge >= 0.3 is 0 Å². The van der Waals surface area contributed by atoms with E-state index in [9.17, 15) is 4.79 Å². The van der Waals surface area contributed by atoms with Crippen LogP contribution >= 0.6 is 0 Å². The van der Waals surface area contributed by atoms with Gasteiger partial charge in [0.2, 0.25) is 0 Å². The summed E-state index contributed by atoms with van der Waals surface area (Å²) >= 11 is 0. The quantitative estimate of drug-likeness (QED) is 0.768. The molecule has 0 amide bonds. The third kappa shape index (κ3) is 2.89. The molecule has 1 unspecified atom stereocenters. The van der Waals surface area contributed by atoms with Gasteiger partial charge in [-0.05, 0) is 43.7 Å². The summed E-state index contributed by atoms with van der Waals surface area (Å²) in [5.74, 6) is 1.92. The Morgan fingerprint density at radius 1 is 1.44 bits per heavy atom. The van der Waals surface area contributed by atoms with E-state index in [4.69, 9.17) is 0 Å². The van der Waals surface area contributed by atoms with Crippen molar-refractivity contribution in [2.24, 2.45) is 5.92 Å². The van der Waals surface area contributed by atoms with E-state index < -0.39 is 0 Å². The van der Waals surface area contributed by atoms with Gasteiger partial charge in [0.05, 0.1) is 0 Å². The second-order valence-electron chi connectivity index (χ2n) is 5.22. The van der Waals surface area contributed by atoms with E-state index in [1.165, 1.54) is 25.7 Å². The molecule has 1 saturated heterocycles. The SMILES string of the molecule is CCC1CCCN(c2ncc(C=O)cc2C)CC1. The van der Waals surface area contributed by atoms with Crippen LogP contribution in [0.2, 0.25) is 0 Å². The minimum absolute atomic E-state index is 0.664. The van der Waals surface area contributed by atoms with Gasteiger partial charge in [0.25, 0.3) is 0 Å². The van der Waals surface area contributed by atoms with Crippen LogP contribution in [0.25, 0.3) is 0 Å². The number of hydrogen-bond donors (Lipinski definition) is 0. The highest BCUT2D eigenvalue weighted by Gasteiger charge is 2.18. The Morgan fingerprint density at radius 3 is 2.94 bits per heavy atom. The molecule has 0 aliphatic carbocycles. The zero-order valence-corrected chi connectivity index (χ0v) is 11.4. The first-order chi connectivity index (χ1) is 8.74. The lowest BCUT2D eigenvalue weighted by atomic mass is 9.98. The van der Waals surface area contributed by atoms with Crippen molar-refractivity contribution in [1.82, 2.24) is 4.98 Å². The zero-order valence-electron chi connectivity index (χ0n) is 11.4. The molecule has 1 aliphatic rings. The topological polar surface area (TPSA) is 33.2 Å². The molecule has 0 radical (unpaired) electrons. The van der Waals surface area contributed by atoms with Crippen LogP contribution in [0, 0.1) is 12.8 Å². The van der Waals surface area contributed by atoms with Gasteiger partial charge in [-0.25, -0.2) is 4.98 Å². The molecular formula is C15H22N2O. The standard InChI is InChI=1S/C15H22N2O/c1-3-13-5-4-7-17(8-6-13)15-12(2)9-14(11-18)10-16-15/h9-11,13H,3-8H2,1-2H3. The number of hydrogen-bond acceptors (Lipinski definition) is 3. The fraction of sp³-hybridized carbons (Fsp3) is 0.600. The smallest absolute Gasteiger partial charge is 0.151 e. The van der Waals surface area contributed by atoms with Crippen LogP contribution in [0.1, 0.15) is 48.5 Å². The molecule has 0 saturated carbocycles. The number of anilines is 1. The van der Waals surface area contributed by atoms with Crippen LogP contribution in [-0.2, 0) is 0 Å². The van der Waals surface area contributed by atoms with E-state index in [1.807, 2.05) is 13.0 Å². The van der Waals surface area contributed by atoms with Gasteiger partial charge in [0.15, 0.2) is 6.29 Å². The molecular weight excluding hydrogens is 224 g/mol. The summed E-state index contributed by atoms with van der Waals surface area (Å²) in [6.07, 6.45) is 7.65. The van der Waals surface area contributed by atoms with E-state index >= 15 is 0 Å². The van der Waals surface area contributed by atoms with Crippen molar-refractivity contribution in [3.8, 4) is 0 Å². The number of carbonyl (C=O) groups excluding carboxylic acids is 1. The second-order valence-corrected chi connectivity index (χ2v) is 5.22. The third-order valence-corrected chi connectivity index (χ3v) is 3.93. The van der Waals surface area contributed by atoms with Gasteiger partial charge < -0.3 is 4.90 Å². The highest BCUT2D eigenvalue weighted by Crippen LogP contribution is 2.25. The zero-order chi connectivity index (χ0) is 13.0. The molecule has 1 fully saturated rings. The van der Waals surface area contributed by atoms with E-state index in [-0.39, 0.29) is 0 Å². The predicted molar refractivity (Wildman–Crippen MR) is 74.2 cm³/mol. The Labute approximate surface area is 109 Å². The second kappa shape index (κ2) is 5.98. The van der Waals surface area contributed by atoms with E-state index in [0.717, 1.165) is 36.7 Å². The Kier molecular flexibility index (Phi) is 4.34. The van der Waals surface area contributed by atoms with Gasteiger partial charge in [-0.3, -0.25) is 4.79 Å². The molecule has 1 atom stereocenters. The van der Waals surface area contributed by atoms with Crippen molar-refractivity contribution in [2.45, 2.75) is 39.5 Å². The minimum atomic E-state index is 0.664. The van der Waals surface area contributed by atoms with Crippen LogP contribution in [0.4, 0.5) is 5.82 Å². The predicted octanol–water partition coefficient (Wildman–Crippen LogP) is 3.22. The molecule has 3 heteroatoms. The van der Waals surface area contributed by atoms with Crippen molar-refractivity contribution in [3.05, 3.63) is 23.4 Å². The normalized spacial score (nSPS) is 20.6. The lowest BCUT2D eigenvalue weighted by Crippen LogP contribution is -2.26. The van der Waals surface area contributed by atoms with Gasteiger partial charge in [0, 0.05) is 24.8 Å². The molecule has 2 rings (SSSR count). The lowest BCUT2D eigenvalue weighted by molar-refractivity contribution is 0.112. The van der Waals surface area contributed by atoms with Crippen LogP contribution < -0.4 is 4.90 Å². The number of carbonyl (C=O) groups is 1. The Hall–Kier alpha value is -1.38. The average Bonchev–Trinajstić information content (AvgIpc) is 2.63. The van der Waals surface area contributed by atoms with E-state index in [2.05, 4.69) is 16.8 Å². The maximum absolute atomic E-state index is 10.7. The Morgan fingerprint density at radius 2 is 2.28 bits per heavy atom. The number of pyridine rings is 1. The summed E-state index contributed by atoms with van der Waals surface area (Å²) in [5.41, 5.74) is 1.77. The maximum Gasteiger partial charge on any atom is 0.151 e. The van der Waals surface area contributed by atoms with Crippen LogP contribution in [0.3, 0.4) is 0 Å². The largest absolute Gasteiger partial charge is 0.356 e. The van der Waals surface area contributed by atoms with Crippen LogP contribution in [0.15, 0.2) is 12.3 Å². The molecule has 1 aromatic heterocycles. The Balaban J connectivity index is 2.13. The van der Waals surface area contributed by atoms with Gasteiger partial charge in [0.1, 0.15) is 5.82 Å². The number of aryl methyl sites for hydroxylation is 1. The van der Waals surface area contributed by atoms with E-state index in [1.54, 1.807) is 6.20 Å². The number of aldehydes is 1. The fourth-order valence-corrected chi connectivity index (χ4v) is 2.77. The molecule has 18 heavy (non-hydrogen) atoms. The van der Waals surface area contributed by atoms with Crippen LogP contribution in [-0.4, -0.2) is 24.4 Å². The van der Waals surface area contributed by atoms with Crippen molar-refractivity contribution in [2.75, 3.05) is 18.0 Å². The molecule has 1 aromatic rings.